The zero-order valence-electron chi connectivity index (χ0n) is 16.7. The highest BCUT2D eigenvalue weighted by Gasteiger charge is 2.51. The smallest absolute Gasteiger partial charge is 0.251 e. The Morgan fingerprint density at radius 2 is 1.83 bits per heavy atom. The zero-order chi connectivity index (χ0) is 21.3. The van der Waals surface area contributed by atoms with Crippen LogP contribution in [0.2, 0.25) is 0 Å². The summed E-state index contributed by atoms with van der Waals surface area (Å²) in [6.45, 7) is 0.112. The van der Waals surface area contributed by atoms with Crippen LogP contribution in [0.4, 0.5) is 0 Å². The van der Waals surface area contributed by atoms with Gasteiger partial charge in [0.1, 0.15) is 11.9 Å². The second-order valence-electron chi connectivity index (χ2n) is 7.43. The molecule has 2 heterocycles. The molecule has 0 fully saturated rings. The lowest BCUT2D eigenvalue weighted by Crippen LogP contribution is -2.61. The van der Waals surface area contributed by atoms with Crippen LogP contribution in [0.15, 0.2) is 59.5 Å². The van der Waals surface area contributed by atoms with E-state index in [2.05, 4.69) is 6.07 Å². The Morgan fingerprint density at radius 3 is 2.50 bits per heavy atom. The number of fused-ring (bicyclic) bond motifs is 2. The van der Waals surface area contributed by atoms with E-state index in [1.54, 1.807) is 30.5 Å². The van der Waals surface area contributed by atoms with Gasteiger partial charge in [-0.1, -0.05) is 24.3 Å². The minimum absolute atomic E-state index is 0.0558. The summed E-state index contributed by atoms with van der Waals surface area (Å²) in [5, 5.41) is 22.5. The Morgan fingerprint density at radius 1 is 1.13 bits per heavy atom. The highest BCUT2D eigenvalue weighted by molar-refractivity contribution is 5.81. The monoisotopic (exact) mass is 406 g/mol. The fraction of sp³-hybridized carbons (Fsp3) is 0.304. The molecule has 0 saturated heterocycles. The molecule has 0 aliphatic carbocycles. The van der Waals surface area contributed by atoms with E-state index in [9.17, 15) is 15.2 Å². The van der Waals surface area contributed by atoms with Gasteiger partial charge in [0.05, 0.1) is 30.9 Å². The molecule has 1 aromatic heterocycles. The number of nitrogens with zero attached hydrogens (tertiary/aromatic N) is 2. The molecule has 4 rings (SSSR count). The Labute approximate surface area is 173 Å². The average Bonchev–Trinajstić information content (AvgIpc) is 2.75. The van der Waals surface area contributed by atoms with Crippen molar-refractivity contribution < 1.29 is 19.3 Å². The number of aromatic nitrogens is 1. The van der Waals surface area contributed by atoms with Crippen molar-refractivity contribution in [3.8, 4) is 11.8 Å². The minimum Gasteiger partial charge on any atom is -0.479 e. The number of aliphatic hydroxyl groups excluding tert-OH is 1. The fourth-order valence-electron chi connectivity index (χ4n) is 4.14. The lowest BCUT2D eigenvalue weighted by atomic mass is 9.84. The van der Waals surface area contributed by atoms with Crippen LogP contribution < -0.4 is 10.3 Å². The number of methoxy groups -OCH3 is 2. The SMILES string of the molecule is COCC1(COC)Oc2ccc(C#N)cc2[C@@H](n2cc3ccccc3cc2=O)[C@@H]1O. The van der Waals surface area contributed by atoms with Crippen molar-refractivity contribution in [3.63, 3.8) is 0 Å². The molecule has 0 saturated carbocycles. The molecule has 154 valence electrons. The first-order valence-corrected chi connectivity index (χ1v) is 9.53. The maximum atomic E-state index is 13.1. The first-order chi connectivity index (χ1) is 14.5. The lowest BCUT2D eigenvalue weighted by Gasteiger charge is -2.45. The second-order valence-corrected chi connectivity index (χ2v) is 7.43. The summed E-state index contributed by atoms with van der Waals surface area (Å²) < 4.78 is 18.4. The summed E-state index contributed by atoms with van der Waals surface area (Å²) in [5.74, 6) is 0.471. The summed E-state index contributed by atoms with van der Waals surface area (Å²) in [6.07, 6.45) is 0.557. The van der Waals surface area contributed by atoms with Crippen LogP contribution in [0.5, 0.6) is 5.75 Å². The Kier molecular flexibility index (Phi) is 5.31. The first kappa shape index (κ1) is 20.1. The predicted octanol–water partition coefficient (Wildman–Crippen LogP) is 2.25. The summed E-state index contributed by atoms with van der Waals surface area (Å²) >= 11 is 0. The van der Waals surface area contributed by atoms with Crippen molar-refractivity contribution >= 4 is 10.8 Å². The molecular formula is C23H22N2O5. The van der Waals surface area contributed by atoms with Gasteiger partial charge in [0.15, 0.2) is 5.60 Å². The van der Waals surface area contributed by atoms with Crippen molar-refractivity contribution in [1.29, 1.82) is 5.26 Å². The third kappa shape index (κ3) is 3.25. The minimum atomic E-state index is -1.22. The van der Waals surface area contributed by atoms with Crippen LogP contribution >= 0.6 is 0 Å². The molecule has 0 spiro atoms. The Hall–Kier alpha value is -3.18. The van der Waals surface area contributed by atoms with Gasteiger partial charge in [-0.2, -0.15) is 5.26 Å². The van der Waals surface area contributed by atoms with Crippen molar-refractivity contribution in [1.82, 2.24) is 4.57 Å². The van der Waals surface area contributed by atoms with Gasteiger partial charge in [-0.15, -0.1) is 0 Å². The molecule has 30 heavy (non-hydrogen) atoms. The molecule has 7 heteroatoms. The number of nitriles is 1. The van der Waals surface area contributed by atoms with E-state index in [1.165, 1.54) is 18.8 Å². The molecule has 1 N–H and O–H groups in total. The highest BCUT2D eigenvalue weighted by Crippen LogP contribution is 2.42. The number of aliphatic hydroxyl groups is 1. The average molecular weight is 406 g/mol. The Balaban J connectivity index is 1.98. The van der Waals surface area contributed by atoms with Gasteiger partial charge in [0, 0.05) is 32.0 Å². The normalized spacial score (nSPS) is 19.7. The van der Waals surface area contributed by atoms with Crippen LogP contribution in [0, 0.1) is 11.3 Å². The largest absolute Gasteiger partial charge is 0.479 e. The summed E-state index contributed by atoms with van der Waals surface area (Å²) in [6, 6.07) is 15.3. The van der Waals surface area contributed by atoms with Crippen LogP contribution in [-0.2, 0) is 9.47 Å². The molecule has 0 bridgehead atoms. The van der Waals surface area contributed by atoms with Crippen LogP contribution in [0.1, 0.15) is 17.2 Å². The molecule has 3 aromatic rings. The predicted molar refractivity (Wildman–Crippen MR) is 111 cm³/mol. The van der Waals surface area contributed by atoms with Crippen molar-refractivity contribution in [2.45, 2.75) is 17.7 Å². The number of pyridine rings is 1. The first-order valence-electron chi connectivity index (χ1n) is 9.53. The highest BCUT2D eigenvalue weighted by atomic mass is 16.6. The second kappa shape index (κ2) is 7.92. The van der Waals surface area contributed by atoms with Gasteiger partial charge in [-0.3, -0.25) is 4.79 Å². The van der Waals surface area contributed by atoms with E-state index >= 15 is 0 Å². The number of hydrogen-bond donors (Lipinski definition) is 1. The quantitative estimate of drug-likeness (QED) is 0.699. The molecule has 2 aromatic carbocycles. The van der Waals surface area contributed by atoms with Crippen LogP contribution in [0.3, 0.4) is 0 Å². The standard InChI is InChI=1S/C23H22N2O5/c1-28-13-23(14-29-2)22(27)21(18-9-15(11-24)7-8-19(18)30-23)25-12-17-6-4-3-5-16(17)10-20(25)26/h3-10,12,21-22,27H,13-14H2,1-2H3/t21-,22+/m1/s1. The summed E-state index contributed by atoms with van der Waals surface area (Å²) in [7, 11) is 3.03. The van der Waals surface area contributed by atoms with Crippen molar-refractivity contribution in [2.75, 3.05) is 27.4 Å². The lowest BCUT2D eigenvalue weighted by molar-refractivity contribution is -0.148. The van der Waals surface area contributed by atoms with E-state index < -0.39 is 17.7 Å². The number of rotatable bonds is 5. The van der Waals surface area contributed by atoms with Crippen molar-refractivity contribution in [3.05, 3.63) is 76.2 Å². The van der Waals surface area contributed by atoms with Gasteiger partial charge in [0.2, 0.25) is 0 Å². The van der Waals surface area contributed by atoms with Gasteiger partial charge >= 0.3 is 0 Å². The van der Waals surface area contributed by atoms with Gasteiger partial charge < -0.3 is 23.9 Å². The van der Waals surface area contributed by atoms with Gasteiger partial charge in [0.25, 0.3) is 5.56 Å². The van der Waals surface area contributed by atoms with E-state index in [1.807, 2.05) is 24.3 Å². The maximum absolute atomic E-state index is 13.1. The fourth-order valence-corrected chi connectivity index (χ4v) is 4.14. The molecule has 2 atom stereocenters. The Bertz CT molecular complexity index is 1170. The molecule has 0 amide bonds. The topological polar surface area (TPSA) is 93.7 Å². The summed E-state index contributed by atoms with van der Waals surface area (Å²) in [4.78, 5) is 13.1. The molecule has 0 radical (unpaired) electrons. The van der Waals surface area contributed by atoms with Crippen LogP contribution in [0.25, 0.3) is 10.8 Å². The number of benzene rings is 2. The third-order valence-corrected chi connectivity index (χ3v) is 5.49. The van der Waals surface area contributed by atoms with E-state index in [0.717, 1.165) is 10.8 Å². The van der Waals surface area contributed by atoms with Crippen LogP contribution in [-0.4, -0.2) is 48.8 Å². The molecule has 0 unspecified atom stereocenters. The van der Waals surface area contributed by atoms with Gasteiger partial charge in [-0.05, 0) is 29.0 Å². The number of hydrogen-bond acceptors (Lipinski definition) is 6. The number of ether oxygens (including phenoxy) is 3. The van der Waals surface area contributed by atoms with Crippen molar-refractivity contribution in [2.24, 2.45) is 0 Å². The van der Waals surface area contributed by atoms with E-state index in [0.29, 0.717) is 16.9 Å². The zero-order valence-corrected chi connectivity index (χ0v) is 16.7. The molecule has 7 nitrogen and oxygen atoms in total. The molecule has 1 aliphatic rings. The molecule has 1 aliphatic heterocycles. The molecular weight excluding hydrogens is 384 g/mol. The van der Waals surface area contributed by atoms with Gasteiger partial charge in [-0.25, -0.2) is 0 Å². The van der Waals surface area contributed by atoms with E-state index in [-0.39, 0.29) is 18.8 Å². The third-order valence-electron chi connectivity index (χ3n) is 5.49. The van der Waals surface area contributed by atoms with E-state index in [4.69, 9.17) is 14.2 Å². The summed E-state index contributed by atoms with van der Waals surface area (Å²) in [5.41, 5.74) is -0.520. The maximum Gasteiger partial charge on any atom is 0.251 e.